The van der Waals surface area contributed by atoms with E-state index in [9.17, 15) is 8.42 Å². The number of hydrogen-bond donors (Lipinski definition) is 0. The largest absolute Gasteiger partial charge is 0.367 e. The fraction of sp³-hybridized carbons (Fsp3) is 0.538. The predicted molar refractivity (Wildman–Crippen MR) is 75.9 cm³/mol. The molecule has 19 heavy (non-hydrogen) atoms. The van der Waals surface area contributed by atoms with E-state index in [1.165, 1.54) is 6.26 Å². The second-order valence-electron chi connectivity index (χ2n) is 5.58. The van der Waals surface area contributed by atoms with Crippen molar-refractivity contribution in [2.45, 2.75) is 37.0 Å². The van der Waals surface area contributed by atoms with E-state index in [4.69, 9.17) is 4.74 Å². The Kier molecular flexibility index (Phi) is 2.40. The quantitative estimate of drug-likeness (QED) is 0.735. The number of hydrogen-bond acceptors (Lipinski definition) is 3. The van der Waals surface area contributed by atoms with Crippen molar-refractivity contribution < 1.29 is 13.2 Å². The lowest BCUT2D eigenvalue weighted by atomic mass is 9.83. The van der Waals surface area contributed by atoms with Gasteiger partial charge in [0.1, 0.15) is 6.10 Å². The summed E-state index contributed by atoms with van der Waals surface area (Å²) in [5, 5.41) is 0. The van der Waals surface area contributed by atoms with Crippen LogP contribution in [0.15, 0.2) is 22.7 Å². The summed E-state index contributed by atoms with van der Waals surface area (Å²) in [6, 6.07) is 5.81. The van der Waals surface area contributed by atoms with E-state index in [0.29, 0.717) is 0 Å². The van der Waals surface area contributed by atoms with Gasteiger partial charge >= 0.3 is 0 Å². The highest BCUT2D eigenvalue weighted by Gasteiger charge is 2.59. The fourth-order valence-electron chi connectivity index (χ4n) is 3.65. The van der Waals surface area contributed by atoms with Gasteiger partial charge in [-0.05, 0) is 36.6 Å². The molecule has 4 rings (SSSR count). The first-order valence-electron chi connectivity index (χ1n) is 6.41. The summed E-state index contributed by atoms with van der Waals surface area (Å²) < 4.78 is 32.6. The number of sulfonamides is 1. The Labute approximate surface area is 120 Å². The van der Waals surface area contributed by atoms with Gasteiger partial charge < -0.3 is 4.74 Å². The molecule has 0 radical (unpaired) electrons. The molecule has 0 bridgehead atoms. The van der Waals surface area contributed by atoms with Crippen LogP contribution in [-0.4, -0.2) is 32.9 Å². The smallest absolute Gasteiger partial charge is 0.232 e. The van der Waals surface area contributed by atoms with Gasteiger partial charge in [0.15, 0.2) is 0 Å². The molecule has 2 heterocycles. The number of nitrogens with zero attached hydrogens (tertiary/aromatic N) is 1. The Balaban J connectivity index is 1.91. The molecular weight excluding hydrogens is 330 g/mol. The number of ether oxygens (including phenoxy) is 1. The molecule has 0 aromatic heterocycles. The van der Waals surface area contributed by atoms with Crippen LogP contribution in [0.5, 0.6) is 0 Å². The van der Waals surface area contributed by atoms with Gasteiger partial charge in [0.2, 0.25) is 10.0 Å². The number of fused-ring (bicyclic) bond motifs is 5. The van der Waals surface area contributed by atoms with Crippen molar-refractivity contribution in [1.29, 1.82) is 0 Å². The SMILES string of the molecule is CS(=O)(=O)N1c2ccc(Br)cc2[C@@H]2CC[C@H]3O[C@H]3[C@@H]21. The van der Waals surface area contributed by atoms with Gasteiger partial charge in [0.25, 0.3) is 0 Å². The third-order valence-corrected chi connectivity index (χ3v) is 6.04. The van der Waals surface area contributed by atoms with Crippen LogP contribution in [-0.2, 0) is 14.8 Å². The molecule has 1 aromatic carbocycles. The normalized spacial score (nSPS) is 35.6. The summed E-state index contributed by atoms with van der Waals surface area (Å²) in [5.41, 5.74) is 1.97. The number of epoxide rings is 1. The lowest BCUT2D eigenvalue weighted by molar-refractivity contribution is 0.357. The highest BCUT2D eigenvalue weighted by Crippen LogP contribution is 2.54. The summed E-state index contributed by atoms with van der Waals surface area (Å²) in [6.45, 7) is 0. The van der Waals surface area contributed by atoms with Gasteiger partial charge in [0, 0.05) is 10.4 Å². The van der Waals surface area contributed by atoms with Gasteiger partial charge in [0.05, 0.1) is 24.1 Å². The maximum atomic E-state index is 12.2. The third kappa shape index (κ3) is 1.69. The minimum absolute atomic E-state index is 0.0435. The van der Waals surface area contributed by atoms with Gasteiger partial charge in [-0.3, -0.25) is 4.31 Å². The first-order valence-corrected chi connectivity index (χ1v) is 9.05. The number of rotatable bonds is 1. The lowest BCUT2D eigenvalue weighted by Crippen LogP contribution is -2.44. The summed E-state index contributed by atoms with van der Waals surface area (Å²) in [7, 11) is -3.27. The minimum Gasteiger partial charge on any atom is -0.367 e. The number of halogens is 1. The van der Waals surface area contributed by atoms with Crippen molar-refractivity contribution in [3.05, 3.63) is 28.2 Å². The predicted octanol–water partition coefficient (Wildman–Crippen LogP) is 2.24. The maximum absolute atomic E-state index is 12.2. The van der Waals surface area contributed by atoms with Crippen LogP contribution in [0, 0.1) is 0 Å². The molecule has 3 aliphatic rings. The summed E-state index contributed by atoms with van der Waals surface area (Å²) in [6.07, 6.45) is 3.67. The molecule has 6 heteroatoms. The number of anilines is 1. The highest BCUT2D eigenvalue weighted by atomic mass is 79.9. The Bertz CT molecular complexity index is 660. The zero-order chi connectivity index (χ0) is 13.4. The van der Waals surface area contributed by atoms with Crippen LogP contribution in [0.4, 0.5) is 5.69 Å². The Morgan fingerprint density at radius 2 is 2.16 bits per heavy atom. The van der Waals surface area contributed by atoms with E-state index in [-0.39, 0.29) is 24.2 Å². The van der Waals surface area contributed by atoms with E-state index in [1.807, 2.05) is 12.1 Å². The molecule has 2 aliphatic heterocycles. The average Bonchev–Trinajstić information content (AvgIpc) is 3.03. The standard InChI is InChI=1S/C13H14BrNO3S/c1-19(16,17)15-10-4-2-7(14)6-9(10)8-3-5-11-13(18-11)12(8)15/h2,4,6,8,11-13H,3,5H2,1H3/t8-,11+,12+,13+/m0/s1. The van der Waals surface area contributed by atoms with Crippen LogP contribution in [0.1, 0.15) is 24.3 Å². The molecule has 1 aromatic rings. The molecule has 1 aliphatic carbocycles. The second-order valence-corrected chi connectivity index (χ2v) is 8.35. The second kappa shape index (κ2) is 3.74. The Morgan fingerprint density at radius 1 is 1.37 bits per heavy atom. The topological polar surface area (TPSA) is 49.9 Å². The lowest BCUT2D eigenvalue weighted by Gasteiger charge is -2.29. The third-order valence-electron chi connectivity index (χ3n) is 4.39. The van der Waals surface area contributed by atoms with Crippen LogP contribution in [0.3, 0.4) is 0 Å². The Morgan fingerprint density at radius 3 is 2.89 bits per heavy atom. The zero-order valence-corrected chi connectivity index (χ0v) is 12.8. The summed E-state index contributed by atoms with van der Waals surface area (Å²) in [5.74, 6) is 0.269. The monoisotopic (exact) mass is 343 g/mol. The van der Waals surface area contributed by atoms with Crippen molar-refractivity contribution >= 4 is 31.6 Å². The highest BCUT2D eigenvalue weighted by molar-refractivity contribution is 9.10. The average molecular weight is 344 g/mol. The molecule has 0 spiro atoms. The first kappa shape index (κ1) is 12.2. The molecule has 4 nitrogen and oxygen atoms in total. The summed E-state index contributed by atoms with van der Waals surface area (Å²) in [4.78, 5) is 0. The first-order chi connectivity index (χ1) is 8.97. The fourth-order valence-corrected chi connectivity index (χ4v) is 5.26. The number of benzene rings is 1. The van der Waals surface area contributed by atoms with Crippen molar-refractivity contribution in [2.75, 3.05) is 10.6 Å². The molecule has 1 saturated carbocycles. The van der Waals surface area contributed by atoms with E-state index in [1.54, 1.807) is 4.31 Å². The zero-order valence-electron chi connectivity index (χ0n) is 10.4. The molecule has 0 N–H and O–H groups in total. The van der Waals surface area contributed by atoms with E-state index in [2.05, 4.69) is 22.0 Å². The van der Waals surface area contributed by atoms with Gasteiger partial charge in [-0.1, -0.05) is 15.9 Å². The van der Waals surface area contributed by atoms with Gasteiger partial charge in [-0.25, -0.2) is 8.42 Å². The molecule has 0 unspecified atom stereocenters. The van der Waals surface area contributed by atoms with Crippen LogP contribution in [0.2, 0.25) is 0 Å². The maximum Gasteiger partial charge on any atom is 0.232 e. The van der Waals surface area contributed by atoms with E-state index < -0.39 is 10.0 Å². The molecule has 102 valence electrons. The Hall–Kier alpha value is -0.590. The van der Waals surface area contributed by atoms with Crippen molar-refractivity contribution in [3.8, 4) is 0 Å². The van der Waals surface area contributed by atoms with Crippen molar-refractivity contribution in [3.63, 3.8) is 0 Å². The van der Waals surface area contributed by atoms with E-state index >= 15 is 0 Å². The molecule has 1 saturated heterocycles. The van der Waals surface area contributed by atoms with Crippen molar-refractivity contribution in [2.24, 2.45) is 0 Å². The molecule has 0 amide bonds. The van der Waals surface area contributed by atoms with Crippen LogP contribution >= 0.6 is 15.9 Å². The molecule has 2 fully saturated rings. The van der Waals surface area contributed by atoms with Crippen LogP contribution in [0.25, 0.3) is 0 Å². The van der Waals surface area contributed by atoms with Crippen LogP contribution < -0.4 is 4.31 Å². The molecular formula is C13H14BrNO3S. The van der Waals surface area contributed by atoms with E-state index in [0.717, 1.165) is 28.6 Å². The van der Waals surface area contributed by atoms with Crippen molar-refractivity contribution in [1.82, 2.24) is 0 Å². The summed E-state index contributed by atoms with van der Waals surface area (Å²) >= 11 is 3.48. The minimum atomic E-state index is -3.27. The van der Waals surface area contributed by atoms with Gasteiger partial charge in [-0.2, -0.15) is 0 Å². The van der Waals surface area contributed by atoms with Gasteiger partial charge in [-0.15, -0.1) is 0 Å². The molecule has 4 atom stereocenters.